The van der Waals surface area contributed by atoms with Gasteiger partial charge < -0.3 is 10.6 Å². The molecule has 0 unspecified atom stereocenters. The number of fused-ring (bicyclic) bond motifs is 3. The smallest absolute Gasteiger partial charge is 0.264 e. The van der Waals surface area contributed by atoms with E-state index in [1.807, 2.05) is 43.3 Å². The van der Waals surface area contributed by atoms with Gasteiger partial charge in [0.2, 0.25) is 0 Å². The van der Waals surface area contributed by atoms with Gasteiger partial charge in [-0.25, -0.2) is 4.98 Å². The molecular weight excluding hydrogens is 374 g/mol. The molecule has 1 amide bonds. The van der Waals surface area contributed by atoms with E-state index in [-0.39, 0.29) is 11.5 Å². The normalized spacial score (nSPS) is 14.5. The van der Waals surface area contributed by atoms with Crippen LogP contribution >= 0.6 is 11.3 Å². The maximum Gasteiger partial charge on any atom is 0.264 e. The van der Waals surface area contributed by atoms with Crippen LogP contribution in [-0.4, -0.2) is 20.7 Å². The van der Waals surface area contributed by atoms with Crippen LogP contribution in [0, 0.1) is 6.92 Å². The Morgan fingerprint density at radius 3 is 2.71 bits per heavy atom. The van der Waals surface area contributed by atoms with Crippen molar-refractivity contribution in [3.05, 3.63) is 75.8 Å². The quantitative estimate of drug-likeness (QED) is 0.468. The van der Waals surface area contributed by atoms with E-state index in [1.54, 1.807) is 22.5 Å². The summed E-state index contributed by atoms with van der Waals surface area (Å²) in [6.45, 7) is 1.87. The molecule has 3 heterocycles. The van der Waals surface area contributed by atoms with Crippen LogP contribution in [0.15, 0.2) is 59.0 Å². The molecule has 0 aliphatic carbocycles. The van der Waals surface area contributed by atoms with E-state index in [0.717, 1.165) is 38.5 Å². The summed E-state index contributed by atoms with van der Waals surface area (Å²) in [6, 6.07) is 12.9. The van der Waals surface area contributed by atoms with Crippen LogP contribution in [-0.2, 0) is 4.79 Å². The third kappa shape index (κ3) is 2.62. The summed E-state index contributed by atoms with van der Waals surface area (Å²) in [4.78, 5) is 28.2. The molecule has 28 heavy (non-hydrogen) atoms. The zero-order valence-corrected chi connectivity index (χ0v) is 15.6. The number of aryl methyl sites for hydroxylation is 1. The summed E-state index contributed by atoms with van der Waals surface area (Å²) >= 11 is 1.52. The fraction of sp³-hybridized carbons (Fsp3) is 0.0500. The molecule has 5 rings (SSSR count). The highest BCUT2D eigenvalue weighted by Gasteiger charge is 2.27. The molecule has 2 aromatic carbocycles. The number of nitrogens with zero attached hydrogens (tertiary/aromatic N) is 2. The summed E-state index contributed by atoms with van der Waals surface area (Å²) < 4.78 is 2.72. The van der Waals surface area contributed by atoms with Gasteiger partial charge in [0, 0.05) is 29.2 Å². The summed E-state index contributed by atoms with van der Waals surface area (Å²) in [5.74, 6) is -0.138. The minimum atomic E-state index is -0.138. The molecule has 1 aliphatic rings. The molecule has 0 bridgehead atoms. The lowest BCUT2D eigenvalue weighted by molar-refractivity contribution is -0.110. The number of carbonyl (C=O) groups is 1. The van der Waals surface area contributed by atoms with Crippen molar-refractivity contribution in [3.8, 4) is 5.69 Å². The Labute approximate surface area is 163 Å². The lowest BCUT2D eigenvalue weighted by Crippen LogP contribution is -2.05. The maximum absolute atomic E-state index is 12.4. The lowest BCUT2D eigenvalue weighted by atomic mass is 10.1. The summed E-state index contributed by atoms with van der Waals surface area (Å²) in [6.07, 6.45) is 1.72. The Hall–Kier alpha value is -3.65. The number of aromatic amines is 1. The Bertz CT molecular complexity index is 1310. The molecule has 0 spiro atoms. The largest absolute Gasteiger partial charge is 0.361 e. The van der Waals surface area contributed by atoms with Crippen LogP contribution in [0.4, 0.5) is 11.4 Å². The van der Waals surface area contributed by atoms with Crippen molar-refractivity contribution < 1.29 is 4.79 Å². The minimum absolute atomic E-state index is 0.135. The summed E-state index contributed by atoms with van der Waals surface area (Å²) in [5.41, 5.74) is 7.32. The highest BCUT2D eigenvalue weighted by molar-refractivity contribution is 7.17. The predicted octanol–water partition coefficient (Wildman–Crippen LogP) is 3.49. The van der Waals surface area contributed by atoms with Gasteiger partial charge in [0.25, 0.3) is 11.5 Å². The highest BCUT2D eigenvalue weighted by atomic mass is 32.1. The van der Waals surface area contributed by atoms with E-state index in [4.69, 9.17) is 0 Å². The monoisotopic (exact) mass is 389 g/mol. The van der Waals surface area contributed by atoms with Crippen LogP contribution in [0.1, 0.15) is 11.3 Å². The average molecular weight is 389 g/mol. The Kier molecular flexibility index (Phi) is 3.66. The van der Waals surface area contributed by atoms with Gasteiger partial charge in [-0.15, -0.1) is 11.3 Å². The molecule has 138 valence electrons. The molecule has 1 aliphatic heterocycles. The van der Waals surface area contributed by atoms with Crippen LogP contribution in [0.3, 0.4) is 0 Å². The predicted molar refractivity (Wildman–Crippen MR) is 111 cm³/mol. The van der Waals surface area contributed by atoms with E-state index in [1.165, 1.54) is 11.3 Å². The van der Waals surface area contributed by atoms with E-state index in [0.29, 0.717) is 5.57 Å². The second kappa shape index (κ2) is 6.21. The van der Waals surface area contributed by atoms with Gasteiger partial charge in [-0.3, -0.25) is 19.4 Å². The number of nitrogens with one attached hydrogen (secondary N) is 3. The van der Waals surface area contributed by atoms with E-state index < -0.39 is 0 Å². The van der Waals surface area contributed by atoms with Crippen molar-refractivity contribution in [2.24, 2.45) is 0 Å². The van der Waals surface area contributed by atoms with Gasteiger partial charge in [0.15, 0.2) is 0 Å². The average Bonchev–Trinajstić information content (AvgIpc) is 3.36. The second-order valence-corrected chi connectivity index (χ2v) is 7.34. The standard InChI is InChI=1S/C20H15N5O2S/c1-11-8-17(26)24-25(11)13-4-2-12(3-5-13)21-9-14-18-15(23-20(14)27)6-7-16-19(18)28-10-22-16/h2-10,21H,1H3,(H,23,27)(H,24,26). The molecular formula is C20H15N5O2S. The summed E-state index contributed by atoms with van der Waals surface area (Å²) in [5, 5.41) is 8.85. The molecule has 3 N–H and O–H groups in total. The fourth-order valence-corrected chi connectivity index (χ4v) is 4.21. The number of aromatic nitrogens is 3. The van der Waals surface area contributed by atoms with Crippen molar-refractivity contribution in [2.45, 2.75) is 6.92 Å². The Morgan fingerprint density at radius 2 is 1.96 bits per heavy atom. The number of thiazole rings is 1. The van der Waals surface area contributed by atoms with E-state index in [2.05, 4.69) is 20.7 Å². The third-order valence-corrected chi connectivity index (χ3v) is 5.54. The Balaban J connectivity index is 1.46. The van der Waals surface area contributed by atoms with Crippen molar-refractivity contribution in [2.75, 3.05) is 10.6 Å². The van der Waals surface area contributed by atoms with Gasteiger partial charge in [-0.05, 0) is 43.3 Å². The zero-order chi connectivity index (χ0) is 19.3. The Morgan fingerprint density at radius 1 is 1.14 bits per heavy atom. The molecule has 0 fully saturated rings. The molecule has 0 saturated carbocycles. The number of rotatable bonds is 3. The van der Waals surface area contributed by atoms with Crippen LogP contribution in [0.2, 0.25) is 0 Å². The molecule has 0 atom stereocenters. The summed E-state index contributed by atoms with van der Waals surface area (Å²) in [7, 11) is 0. The molecule has 2 aromatic heterocycles. The van der Waals surface area contributed by atoms with Crippen LogP contribution < -0.4 is 16.2 Å². The number of hydrogen-bond acceptors (Lipinski definition) is 5. The molecule has 0 radical (unpaired) electrons. The minimum Gasteiger partial charge on any atom is -0.361 e. The second-order valence-electron chi connectivity index (χ2n) is 6.49. The first-order valence-electron chi connectivity index (χ1n) is 8.64. The molecule has 7 nitrogen and oxygen atoms in total. The zero-order valence-electron chi connectivity index (χ0n) is 14.8. The van der Waals surface area contributed by atoms with E-state index in [9.17, 15) is 9.59 Å². The van der Waals surface area contributed by atoms with Crippen LogP contribution in [0.5, 0.6) is 0 Å². The van der Waals surface area contributed by atoms with Gasteiger partial charge in [0.05, 0.1) is 32.7 Å². The van der Waals surface area contributed by atoms with Crippen molar-refractivity contribution >= 4 is 44.4 Å². The third-order valence-electron chi connectivity index (χ3n) is 4.68. The van der Waals surface area contributed by atoms with Crippen molar-refractivity contribution in [1.29, 1.82) is 0 Å². The van der Waals surface area contributed by atoms with Gasteiger partial charge in [-0.2, -0.15) is 0 Å². The number of anilines is 2. The van der Waals surface area contributed by atoms with E-state index >= 15 is 0 Å². The number of amides is 1. The topological polar surface area (TPSA) is 91.8 Å². The first-order valence-corrected chi connectivity index (χ1v) is 9.52. The van der Waals surface area contributed by atoms with Gasteiger partial charge >= 0.3 is 0 Å². The first-order chi connectivity index (χ1) is 13.6. The SMILES string of the molecule is Cc1cc(=O)[nH]n1-c1ccc(NC=C2C(=O)Nc3ccc4ncsc4c32)cc1. The lowest BCUT2D eigenvalue weighted by Gasteiger charge is -2.07. The van der Waals surface area contributed by atoms with Gasteiger partial charge in [0.1, 0.15) is 0 Å². The highest BCUT2D eigenvalue weighted by Crippen LogP contribution is 2.39. The number of hydrogen-bond donors (Lipinski definition) is 3. The number of H-pyrrole nitrogens is 1. The molecule has 4 aromatic rings. The first kappa shape index (κ1) is 16.5. The van der Waals surface area contributed by atoms with Crippen LogP contribution in [0.25, 0.3) is 21.5 Å². The van der Waals surface area contributed by atoms with Crippen molar-refractivity contribution in [1.82, 2.24) is 14.8 Å². The number of benzene rings is 2. The number of carbonyl (C=O) groups excluding carboxylic acids is 1. The van der Waals surface area contributed by atoms with Gasteiger partial charge in [-0.1, -0.05) is 0 Å². The molecule has 8 heteroatoms. The maximum atomic E-state index is 12.4. The fourth-order valence-electron chi connectivity index (χ4n) is 3.36. The molecule has 0 saturated heterocycles. The van der Waals surface area contributed by atoms with Crippen molar-refractivity contribution in [3.63, 3.8) is 0 Å².